The lowest BCUT2D eigenvalue weighted by Crippen LogP contribution is -2.38. The van der Waals surface area contributed by atoms with Crippen LogP contribution in [-0.2, 0) is 19.1 Å². The van der Waals surface area contributed by atoms with Crippen molar-refractivity contribution in [3.05, 3.63) is 45.9 Å². The molecule has 2 aromatic rings. The number of benzene rings is 1. The Hall–Kier alpha value is -2.33. The van der Waals surface area contributed by atoms with Crippen LogP contribution in [0.4, 0.5) is 13.2 Å². The van der Waals surface area contributed by atoms with E-state index in [1.807, 2.05) is 45.3 Å². The van der Waals surface area contributed by atoms with Crippen LogP contribution in [0.5, 0.6) is 5.75 Å². The summed E-state index contributed by atoms with van der Waals surface area (Å²) in [5, 5.41) is 7.75. The third-order valence-corrected chi connectivity index (χ3v) is 4.85. The van der Waals surface area contributed by atoms with Crippen LogP contribution in [0.25, 0.3) is 0 Å². The number of aromatic nitrogens is 1. The van der Waals surface area contributed by atoms with Gasteiger partial charge in [-0.05, 0) is 38.7 Å². The Balaban J connectivity index is 1.87. The van der Waals surface area contributed by atoms with E-state index in [2.05, 4.69) is 25.5 Å². The molecular formula is C20H28F3N5OS. The maximum absolute atomic E-state index is 12.6. The summed E-state index contributed by atoms with van der Waals surface area (Å²) in [5.41, 5.74) is 0.167. The fraction of sp³-hybridized carbons (Fsp3) is 0.500. The van der Waals surface area contributed by atoms with E-state index in [-0.39, 0.29) is 0 Å². The second kappa shape index (κ2) is 11.8. The van der Waals surface area contributed by atoms with Gasteiger partial charge >= 0.3 is 6.18 Å². The molecule has 0 saturated heterocycles. The normalized spacial score (nSPS) is 12.3. The molecule has 166 valence electrons. The summed E-state index contributed by atoms with van der Waals surface area (Å²) >= 11 is 1.01. The number of aliphatic imine (C=N–C) groups is 1. The minimum atomic E-state index is -4.40. The van der Waals surface area contributed by atoms with Gasteiger partial charge in [0, 0.05) is 31.4 Å². The molecule has 30 heavy (non-hydrogen) atoms. The Morgan fingerprint density at radius 3 is 2.73 bits per heavy atom. The second-order valence-electron chi connectivity index (χ2n) is 6.80. The predicted octanol–water partition coefficient (Wildman–Crippen LogP) is 3.40. The molecule has 1 aromatic carbocycles. The zero-order valence-electron chi connectivity index (χ0n) is 17.4. The molecule has 1 heterocycles. The summed E-state index contributed by atoms with van der Waals surface area (Å²) in [6, 6.07) is 7.77. The van der Waals surface area contributed by atoms with Crippen molar-refractivity contribution < 1.29 is 17.9 Å². The van der Waals surface area contributed by atoms with Gasteiger partial charge in [-0.2, -0.15) is 13.2 Å². The molecule has 0 bridgehead atoms. The summed E-state index contributed by atoms with van der Waals surface area (Å²) < 4.78 is 43.6. The lowest BCUT2D eigenvalue weighted by molar-refractivity contribution is -0.140. The number of thiazole rings is 1. The smallest absolute Gasteiger partial charge is 0.434 e. The number of nitrogens with one attached hydrogen (secondary N) is 2. The van der Waals surface area contributed by atoms with Gasteiger partial charge < -0.3 is 20.3 Å². The van der Waals surface area contributed by atoms with Gasteiger partial charge in [-0.15, -0.1) is 11.3 Å². The van der Waals surface area contributed by atoms with Crippen molar-refractivity contribution in [2.75, 3.05) is 40.3 Å². The average molecular weight is 444 g/mol. The van der Waals surface area contributed by atoms with Crippen molar-refractivity contribution in [1.29, 1.82) is 0 Å². The molecule has 0 aliphatic carbocycles. The second-order valence-corrected chi connectivity index (χ2v) is 7.74. The summed E-state index contributed by atoms with van der Waals surface area (Å²) in [7, 11) is 3.99. The van der Waals surface area contributed by atoms with Crippen LogP contribution in [0.3, 0.4) is 0 Å². The Morgan fingerprint density at radius 1 is 1.27 bits per heavy atom. The maximum atomic E-state index is 12.6. The molecular weight excluding hydrogens is 415 g/mol. The standard InChI is InChI=1S/C20H28F3N5OS/c1-4-24-19(25-9-8-18-27-17(14-30-18)20(21,22)23)26-13-15-6-5-7-16(12-15)29-11-10-28(2)3/h5-7,12,14H,4,8-11,13H2,1-3H3,(H2,24,25,26). The van der Waals surface area contributed by atoms with Gasteiger partial charge in [0.1, 0.15) is 12.4 Å². The van der Waals surface area contributed by atoms with Crippen molar-refractivity contribution >= 4 is 17.3 Å². The van der Waals surface area contributed by atoms with Crippen LogP contribution in [0.1, 0.15) is 23.2 Å². The molecule has 1 aromatic heterocycles. The zero-order chi connectivity index (χ0) is 22.0. The number of halogens is 3. The van der Waals surface area contributed by atoms with Crippen molar-refractivity contribution in [3.63, 3.8) is 0 Å². The summed E-state index contributed by atoms with van der Waals surface area (Å²) in [6.07, 6.45) is -4.01. The largest absolute Gasteiger partial charge is 0.492 e. The summed E-state index contributed by atoms with van der Waals surface area (Å²) in [4.78, 5) is 10.2. The molecule has 2 N–H and O–H groups in total. The molecule has 0 atom stereocenters. The Bertz CT molecular complexity index is 808. The van der Waals surface area contributed by atoms with E-state index < -0.39 is 11.9 Å². The highest BCUT2D eigenvalue weighted by molar-refractivity contribution is 7.09. The van der Waals surface area contributed by atoms with Crippen LogP contribution in [0.2, 0.25) is 0 Å². The monoisotopic (exact) mass is 443 g/mol. The maximum Gasteiger partial charge on any atom is 0.434 e. The number of nitrogens with zero attached hydrogens (tertiary/aromatic N) is 3. The highest BCUT2D eigenvalue weighted by atomic mass is 32.1. The highest BCUT2D eigenvalue weighted by Gasteiger charge is 2.33. The van der Waals surface area contributed by atoms with Crippen LogP contribution >= 0.6 is 11.3 Å². The molecule has 6 nitrogen and oxygen atoms in total. The molecule has 10 heteroatoms. The Morgan fingerprint density at radius 2 is 2.07 bits per heavy atom. The SMILES string of the molecule is CCNC(=NCc1cccc(OCCN(C)C)c1)NCCc1nc(C(F)(F)F)cs1. The van der Waals surface area contributed by atoms with Gasteiger partial charge in [0.05, 0.1) is 11.6 Å². The van der Waals surface area contributed by atoms with E-state index in [4.69, 9.17) is 4.74 Å². The fourth-order valence-corrected chi connectivity index (χ4v) is 3.24. The van der Waals surface area contributed by atoms with E-state index in [1.54, 1.807) is 0 Å². The summed E-state index contributed by atoms with van der Waals surface area (Å²) in [6.45, 7) is 4.96. The molecule has 2 rings (SSSR count). The minimum absolute atomic E-state index is 0.389. The number of hydrogen-bond acceptors (Lipinski definition) is 5. The minimum Gasteiger partial charge on any atom is -0.492 e. The first-order chi connectivity index (χ1) is 14.3. The molecule has 0 amide bonds. The number of ether oxygens (including phenoxy) is 1. The van der Waals surface area contributed by atoms with Gasteiger partial charge in [0.25, 0.3) is 0 Å². The first-order valence-corrected chi connectivity index (χ1v) is 10.6. The zero-order valence-corrected chi connectivity index (χ0v) is 18.2. The van der Waals surface area contributed by atoms with Gasteiger partial charge in [0.15, 0.2) is 11.7 Å². The third-order valence-electron chi connectivity index (χ3n) is 3.94. The summed E-state index contributed by atoms with van der Waals surface area (Å²) in [5.74, 6) is 1.40. The topological polar surface area (TPSA) is 61.8 Å². The Labute approximate surface area is 179 Å². The molecule has 0 aliphatic heterocycles. The van der Waals surface area contributed by atoms with E-state index in [0.717, 1.165) is 34.6 Å². The number of likely N-dealkylation sites (N-methyl/N-ethyl adjacent to an activating group) is 1. The van der Waals surface area contributed by atoms with E-state index in [1.165, 1.54) is 0 Å². The first kappa shape index (κ1) is 23.9. The Kier molecular flexibility index (Phi) is 9.38. The van der Waals surface area contributed by atoms with Gasteiger partial charge in [0.2, 0.25) is 0 Å². The van der Waals surface area contributed by atoms with Crippen molar-refractivity contribution in [1.82, 2.24) is 20.5 Å². The molecule has 0 radical (unpaired) electrons. The van der Waals surface area contributed by atoms with Crippen molar-refractivity contribution in [2.45, 2.75) is 26.1 Å². The molecule has 0 fully saturated rings. The molecule has 0 unspecified atom stereocenters. The van der Waals surface area contributed by atoms with Crippen LogP contribution in [0, 0.1) is 0 Å². The number of alkyl halides is 3. The van der Waals surface area contributed by atoms with Gasteiger partial charge in [-0.3, -0.25) is 0 Å². The van der Waals surface area contributed by atoms with Crippen molar-refractivity contribution in [2.24, 2.45) is 4.99 Å². The van der Waals surface area contributed by atoms with Crippen LogP contribution in [0.15, 0.2) is 34.6 Å². The highest BCUT2D eigenvalue weighted by Crippen LogP contribution is 2.30. The quantitative estimate of drug-likeness (QED) is 0.435. The number of hydrogen-bond donors (Lipinski definition) is 2. The predicted molar refractivity (Wildman–Crippen MR) is 114 cm³/mol. The molecule has 0 aliphatic rings. The first-order valence-electron chi connectivity index (χ1n) is 9.68. The van der Waals surface area contributed by atoms with Crippen LogP contribution in [-0.4, -0.2) is 56.2 Å². The fourth-order valence-electron chi connectivity index (χ4n) is 2.44. The number of rotatable bonds is 10. The van der Waals surface area contributed by atoms with E-state index >= 15 is 0 Å². The lowest BCUT2D eigenvalue weighted by Gasteiger charge is -2.12. The third kappa shape index (κ3) is 8.58. The molecule has 0 spiro atoms. The number of guanidine groups is 1. The van der Waals surface area contributed by atoms with Gasteiger partial charge in [-0.1, -0.05) is 12.1 Å². The van der Waals surface area contributed by atoms with E-state index in [0.29, 0.717) is 43.6 Å². The average Bonchev–Trinajstić information content (AvgIpc) is 3.16. The van der Waals surface area contributed by atoms with E-state index in [9.17, 15) is 13.2 Å². The molecule has 0 saturated carbocycles. The van der Waals surface area contributed by atoms with Gasteiger partial charge in [-0.25, -0.2) is 9.98 Å². The van der Waals surface area contributed by atoms with Crippen molar-refractivity contribution in [3.8, 4) is 5.75 Å². The lowest BCUT2D eigenvalue weighted by atomic mass is 10.2. The van der Waals surface area contributed by atoms with Crippen LogP contribution < -0.4 is 15.4 Å².